The van der Waals surface area contributed by atoms with Gasteiger partial charge in [-0.15, -0.1) is 0 Å². The molecule has 0 saturated heterocycles. The van der Waals surface area contributed by atoms with Gasteiger partial charge in [-0.05, 0) is 18.2 Å². The highest BCUT2D eigenvalue weighted by Crippen LogP contribution is 2.29. The summed E-state index contributed by atoms with van der Waals surface area (Å²) in [5.74, 6) is -1.09. The van der Waals surface area contributed by atoms with Gasteiger partial charge in [-0.1, -0.05) is 50.2 Å². The number of esters is 2. The average Bonchev–Trinajstić information content (AvgIpc) is 2.62. The first-order valence-electron chi connectivity index (χ1n) is 8.57. The molecule has 0 heterocycles. The highest BCUT2D eigenvalue weighted by atomic mass is 16.6. The van der Waals surface area contributed by atoms with Crippen molar-refractivity contribution in [2.45, 2.75) is 33.7 Å². The Morgan fingerprint density at radius 3 is 1.78 bits per heavy atom. The monoisotopic (exact) mass is 371 g/mol. The lowest BCUT2D eigenvalue weighted by atomic mass is 10.1. The van der Waals surface area contributed by atoms with Crippen molar-refractivity contribution < 1.29 is 23.9 Å². The van der Waals surface area contributed by atoms with E-state index in [2.05, 4.69) is 5.32 Å². The van der Waals surface area contributed by atoms with Crippen molar-refractivity contribution >= 4 is 17.7 Å². The fourth-order valence-corrected chi connectivity index (χ4v) is 1.94. The molecule has 0 unspecified atom stereocenters. The van der Waals surface area contributed by atoms with Crippen molar-refractivity contribution in [2.75, 3.05) is 6.54 Å². The summed E-state index contributed by atoms with van der Waals surface area (Å²) in [4.78, 5) is 34.1. The maximum atomic E-state index is 12.0. The largest absolute Gasteiger partial charge is 0.423 e. The summed E-state index contributed by atoms with van der Waals surface area (Å²) in [5, 5.41) is 3.01. The van der Waals surface area contributed by atoms with Crippen LogP contribution in [0.4, 0.5) is 0 Å². The highest BCUT2D eigenvalue weighted by Gasteiger charge is 2.14. The Morgan fingerprint density at radius 2 is 1.33 bits per heavy atom. The molecule has 2 aromatic rings. The van der Waals surface area contributed by atoms with Crippen LogP contribution in [-0.2, 0) is 9.59 Å². The van der Waals surface area contributed by atoms with E-state index in [9.17, 15) is 14.4 Å². The molecule has 6 nitrogen and oxygen atoms in total. The molecule has 0 saturated carbocycles. The minimum atomic E-state index is -0.562. The quantitative estimate of drug-likeness (QED) is 0.476. The first-order chi connectivity index (χ1) is 12.8. The normalized spacial score (nSPS) is 9.81. The Labute approximate surface area is 159 Å². The van der Waals surface area contributed by atoms with Crippen LogP contribution in [0.3, 0.4) is 0 Å². The third kappa shape index (κ3) is 9.32. The number of Topliss-reactive ketones (excluding diaryl/α,β-unsaturated/α-hetero) is 1. The van der Waals surface area contributed by atoms with Gasteiger partial charge in [0.05, 0.1) is 6.54 Å². The average molecular weight is 371 g/mol. The minimum absolute atomic E-state index is 0.0492. The van der Waals surface area contributed by atoms with E-state index in [4.69, 9.17) is 9.47 Å². The standard InChI is InChI=1S/C15H19NO5.C6H6/c1-9(2)16-8-13(19)12-5-6-14(20-10(3)17)15(7-12)21-11(4)18;1-2-4-6-5-3-1/h5-7,9,16H,8H2,1-4H3;1-6H. The molecule has 27 heavy (non-hydrogen) atoms. The van der Waals surface area contributed by atoms with Crippen LogP contribution in [0.2, 0.25) is 0 Å². The lowest BCUT2D eigenvalue weighted by Gasteiger charge is -2.11. The van der Waals surface area contributed by atoms with Crippen LogP contribution in [0, 0.1) is 0 Å². The third-order valence-corrected chi connectivity index (χ3v) is 3.11. The number of benzene rings is 2. The van der Waals surface area contributed by atoms with Crippen molar-refractivity contribution in [3.05, 3.63) is 60.2 Å². The fraction of sp³-hybridized carbons (Fsp3) is 0.286. The Balaban J connectivity index is 0.000000511. The van der Waals surface area contributed by atoms with E-state index >= 15 is 0 Å². The molecular formula is C21H25NO5. The second kappa shape index (κ2) is 11.6. The van der Waals surface area contributed by atoms with E-state index in [-0.39, 0.29) is 29.9 Å². The number of nitrogens with one attached hydrogen (secondary N) is 1. The van der Waals surface area contributed by atoms with Gasteiger partial charge in [0, 0.05) is 25.5 Å². The van der Waals surface area contributed by atoms with Crippen LogP contribution in [0.15, 0.2) is 54.6 Å². The molecular weight excluding hydrogens is 346 g/mol. The molecule has 0 aliphatic rings. The minimum Gasteiger partial charge on any atom is -0.423 e. The van der Waals surface area contributed by atoms with Crippen LogP contribution in [0.25, 0.3) is 0 Å². The van der Waals surface area contributed by atoms with E-state index in [1.807, 2.05) is 50.2 Å². The number of ketones is 1. The van der Waals surface area contributed by atoms with Gasteiger partial charge >= 0.3 is 11.9 Å². The van der Waals surface area contributed by atoms with Gasteiger partial charge in [0.25, 0.3) is 0 Å². The summed E-state index contributed by atoms with van der Waals surface area (Å²) < 4.78 is 9.91. The lowest BCUT2D eigenvalue weighted by Crippen LogP contribution is -2.29. The summed E-state index contributed by atoms with van der Waals surface area (Å²) in [7, 11) is 0. The molecule has 2 aromatic carbocycles. The maximum absolute atomic E-state index is 12.0. The van der Waals surface area contributed by atoms with E-state index in [0.29, 0.717) is 5.56 Å². The van der Waals surface area contributed by atoms with E-state index in [1.165, 1.54) is 32.0 Å². The number of carbonyl (C=O) groups excluding carboxylic acids is 3. The molecule has 144 valence electrons. The van der Waals surface area contributed by atoms with E-state index < -0.39 is 11.9 Å². The molecule has 1 N–H and O–H groups in total. The summed E-state index contributed by atoms with van der Waals surface area (Å²) in [6.07, 6.45) is 0. The molecule has 0 aromatic heterocycles. The maximum Gasteiger partial charge on any atom is 0.308 e. The Morgan fingerprint density at radius 1 is 0.852 bits per heavy atom. The summed E-state index contributed by atoms with van der Waals surface area (Å²) in [6.45, 7) is 6.50. The molecule has 0 fully saturated rings. The van der Waals surface area contributed by atoms with E-state index in [1.54, 1.807) is 0 Å². The summed E-state index contributed by atoms with van der Waals surface area (Å²) in [5.41, 5.74) is 0.371. The zero-order chi connectivity index (χ0) is 20.2. The molecule has 2 rings (SSSR count). The molecule has 0 radical (unpaired) electrons. The number of rotatable bonds is 6. The zero-order valence-electron chi connectivity index (χ0n) is 16.0. The number of hydrogen-bond donors (Lipinski definition) is 1. The van der Waals surface area contributed by atoms with Gasteiger partial charge in [-0.3, -0.25) is 14.4 Å². The predicted molar refractivity (Wildman–Crippen MR) is 103 cm³/mol. The predicted octanol–water partition coefficient (Wildman–Crippen LogP) is 3.40. The second-order valence-electron chi connectivity index (χ2n) is 5.96. The van der Waals surface area contributed by atoms with Crippen molar-refractivity contribution in [3.8, 4) is 11.5 Å². The van der Waals surface area contributed by atoms with Gasteiger partial charge in [0.1, 0.15) is 0 Å². The molecule has 0 spiro atoms. The molecule has 0 bridgehead atoms. The fourth-order valence-electron chi connectivity index (χ4n) is 1.94. The Kier molecular flexibility index (Phi) is 9.47. The highest BCUT2D eigenvalue weighted by molar-refractivity contribution is 5.98. The smallest absolute Gasteiger partial charge is 0.308 e. The van der Waals surface area contributed by atoms with Gasteiger partial charge in [-0.25, -0.2) is 0 Å². The van der Waals surface area contributed by atoms with Gasteiger partial charge < -0.3 is 14.8 Å². The third-order valence-electron chi connectivity index (χ3n) is 3.11. The second-order valence-corrected chi connectivity index (χ2v) is 5.96. The van der Waals surface area contributed by atoms with Crippen molar-refractivity contribution in [2.24, 2.45) is 0 Å². The molecule has 0 aliphatic heterocycles. The van der Waals surface area contributed by atoms with Gasteiger partial charge in [-0.2, -0.15) is 0 Å². The summed E-state index contributed by atoms with van der Waals surface area (Å²) >= 11 is 0. The topological polar surface area (TPSA) is 81.7 Å². The van der Waals surface area contributed by atoms with Crippen molar-refractivity contribution in [1.82, 2.24) is 5.32 Å². The van der Waals surface area contributed by atoms with Crippen LogP contribution in [-0.4, -0.2) is 30.3 Å². The lowest BCUT2D eigenvalue weighted by molar-refractivity contribution is -0.134. The molecule has 0 aliphatic carbocycles. The van der Waals surface area contributed by atoms with Crippen LogP contribution < -0.4 is 14.8 Å². The number of carbonyl (C=O) groups is 3. The summed E-state index contributed by atoms with van der Waals surface area (Å²) in [6, 6.07) is 16.5. The van der Waals surface area contributed by atoms with Crippen LogP contribution >= 0.6 is 0 Å². The molecule has 0 amide bonds. The number of ether oxygens (including phenoxy) is 2. The first kappa shape index (κ1) is 22.1. The van der Waals surface area contributed by atoms with Crippen molar-refractivity contribution in [3.63, 3.8) is 0 Å². The molecule has 0 atom stereocenters. The van der Waals surface area contributed by atoms with Crippen molar-refractivity contribution in [1.29, 1.82) is 0 Å². The first-order valence-corrected chi connectivity index (χ1v) is 8.57. The van der Waals surface area contributed by atoms with E-state index in [0.717, 1.165) is 0 Å². The van der Waals surface area contributed by atoms with Gasteiger partial charge in [0.2, 0.25) is 0 Å². The SMILES string of the molecule is CC(=O)Oc1ccc(C(=O)CNC(C)C)cc1OC(C)=O.c1ccccc1. The number of hydrogen-bond acceptors (Lipinski definition) is 6. The van der Waals surface area contributed by atoms with Crippen LogP contribution in [0.1, 0.15) is 38.1 Å². The Hall–Kier alpha value is -2.99. The zero-order valence-corrected chi connectivity index (χ0v) is 16.0. The van der Waals surface area contributed by atoms with Crippen LogP contribution in [0.5, 0.6) is 11.5 Å². The molecule has 6 heteroatoms. The Bertz CT molecular complexity index is 730. The van der Waals surface area contributed by atoms with Gasteiger partial charge in [0.15, 0.2) is 17.3 Å².